The van der Waals surface area contributed by atoms with E-state index in [-0.39, 0.29) is 41.2 Å². The van der Waals surface area contributed by atoms with Crippen molar-refractivity contribution in [2.75, 3.05) is 32.5 Å². The number of aldehydes is 1. The number of carbonyl (C=O) groups is 2. The molecule has 0 bridgehead atoms. The first-order valence-corrected chi connectivity index (χ1v) is 8.58. The normalized spacial score (nSPS) is 10.5. The summed E-state index contributed by atoms with van der Waals surface area (Å²) in [6, 6.07) is 4.00. The molecule has 0 saturated carbocycles. The molecule has 2 aromatic rings. The van der Waals surface area contributed by atoms with E-state index in [1.165, 1.54) is 18.2 Å². The number of nitrogens with zero attached hydrogens (tertiary/aromatic N) is 3. The lowest BCUT2D eigenvalue weighted by atomic mass is 10.3. The maximum absolute atomic E-state index is 13.3. The Morgan fingerprint density at radius 1 is 1.36 bits per heavy atom. The van der Waals surface area contributed by atoms with E-state index in [4.69, 9.17) is 0 Å². The molecule has 2 rings (SSSR count). The number of halogens is 2. The highest BCUT2D eigenvalue weighted by molar-refractivity contribution is 9.10. The van der Waals surface area contributed by atoms with E-state index in [0.717, 1.165) is 0 Å². The van der Waals surface area contributed by atoms with Crippen LogP contribution in [0.2, 0.25) is 0 Å². The number of nitrogens with one attached hydrogen (secondary N) is 4. The maximum atomic E-state index is 13.3. The van der Waals surface area contributed by atoms with Crippen molar-refractivity contribution in [2.24, 2.45) is 4.99 Å². The Hall–Kier alpha value is -2.90. The molecule has 1 amide bonds. The first kappa shape index (κ1) is 23.1. The van der Waals surface area contributed by atoms with Crippen LogP contribution in [0.4, 0.5) is 15.9 Å². The summed E-state index contributed by atoms with van der Waals surface area (Å²) in [5, 5.41) is 24.4. The van der Waals surface area contributed by atoms with Crippen LogP contribution in [0.3, 0.4) is 0 Å². The van der Waals surface area contributed by atoms with Gasteiger partial charge in [-0.05, 0) is 58.5 Å². The van der Waals surface area contributed by atoms with Crippen molar-refractivity contribution in [1.82, 2.24) is 26.4 Å². The number of benzene rings is 1. The van der Waals surface area contributed by atoms with Crippen LogP contribution >= 0.6 is 15.9 Å². The molecular weight excluding hydrogens is 441 g/mol. The highest BCUT2D eigenvalue weighted by atomic mass is 79.9. The predicted molar refractivity (Wildman–Crippen MR) is 102 cm³/mol. The van der Waals surface area contributed by atoms with Gasteiger partial charge >= 0.3 is 0 Å². The molecule has 0 radical (unpaired) electrons. The standard InChI is InChI=1S/C13H12BrFN6O4.C2H7N/c14-8-5-7(1-2-9(8)15)18-13(19-24)11-12(21-25-20-11)17-4-3-16-10(23)6-22;1-3-2/h1-2,5-6,24H,3-4H2,(H,16,23)(H,17,21)(H,18,19);3H,1-2H3. The van der Waals surface area contributed by atoms with Crippen LogP contribution in [0.1, 0.15) is 5.69 Å². The number of carbonyl (C=O) groups excluding carboxylic acids is 2. The zero-order valence-electron chi connectivity index (χ0n) is 15.0. The van der Waals surface area contributed by atoms with Gasteiger partial charge in [0.15, 0.2) is 11.5 Å². The highest BCUT2D eigenvalue weighted by Crippen LogP contribution is 2.23. The van der Waals surface area contributed by atoms with E-state index >= 15 is 0 Å². The van der Waals surface area contributed by atoms with Gasteiger partial charge in [0.05, 0.1) is 10.2 Å². The number of amides is 1. The minimum Gasteiger partial charge on any atom is -0.363 e. The number of aromatic nitrogens is 2. The zero-order valence-corrected chi connectivity index (χ0v) is 16.6. The molecule has 5 N–H and O–H groups in total. The molecule has 0 aliphatic heterocycles. The van der Waals surface area contributed by atoms with Gasteiger partial charge in [-0.1, -0.05) is 0 Å². The van der Waals surface area contributed by atoms with Crippen LogP contribution in [0.15, 0.2) is 32.3 Å². The van der Waals surface area contributed by atoms with Crippen molar-refractivity contribution in [1.29, 1.82) is 0 Å². The van der Waals surface area contributed by atoms with Gasteiger partial charge in [0.2, 0.25) is 12.1 Å². The SMILES string of the molecule is CNC.O=CC(=O)NCCNc1nonc1C(=Nc1ccc(F)c(Br)c1)NO. The van der Waals surface area contributed by atoms with Crippen molar-refractivity contribution < 1.29 is 23.8 Å². The summed E-state index contributed by atoms with van der Waals surface area (Å²) in [6.45, 7) is 0.357. The molecule has 0 spiro atoms. The lowest BCUT2D eigenvalue weighted by Crippen LogP contribution is -2.30. The van der Waals surface area contributed by atoms with E-state index in [1.807, 2.05) is 19.6 Å². The van der Waals surface area contributed by atoms with Gasteiger partial charge in [-0.15, -0.1) is 0 Å². The van der Waals surface area contributed by atoms with Crippen molar-refractivity contribution in [3.8, 4) is 0 Å². The third kappa shape index (κ3) is 7.38. The van der Waals surface area contributed by atoms with E-state index in [9.17, 15) is 19.2 Å². The molecule has 0 unspecified atom stereocenters. The Labute approximate surface area is 167 Å². The summed E-state index contributed by atoms with van der Waals surface area (Å²) in [5.41, 5.74) is 2.26. The van der Waals surface area contributed by atoms with Crippen LogP contribution in [-0.4, -0.2) is 60.7 Å². The summed E-state index contributed by atoms with van der Waals surface area (Å²) in [7, 11) is 3.75. The molecule has 0 aliphatic carbocycles. The molecule has 13 heteroatoms. The number of hydrogen-bond donors (Lipinski definition) is 5. The summed E-state index contributed by atoms with van der Waals surface area (Å²) in [4.78, 5) is 25.1. The Bertz CT molecular complexity index is 815. The van der Waals surface area contributed by atoms with Crippen LogP contribution < -0.4 is 21.4 Å². The Balaban J connectivity index is 0.00000122. The van der Waals surface area contributed by atoms with E-state index in [2.05, 4.69) is 51.8 Å². The summed E-state index contributed by atoms with van der Waals surface area (Å²) in [5.74, 6) is -1.16. The molecule has 1 aromatic carbocycles. The van der Waals surface area contributed by atoms with Gasteiger partial charge in [0.1, 0.15) is 5.82 Å². The monoisotopic (exact) mass is 459 g/mol. The van der Waals surface area contributed by atoms with Gasteiger partial charge in [0, 0.05) is 13.1 Å². The third-order valence-electron chi connectivity index (χ3n) is 2.79. The summed E-state index contributed by atoms with van der Waals surface area (Å²) in [6.07, 6.45) is 0.157. The average Bonchev–Trinajstić information content (AvgIpc) is 3.14. The fraction of sp³-hybridized carbons (Fsp3) is 0.267. The quantitative estimate of drug-likeness (QED) is 0.0998. The second kappa shape index (κ2) is 12.5. The van der Waals surface area contributed by atoms with Crippen LogP contribution in [-0.2, 0) is 9.59 Å². The molecule has 11 nitrogen and oxygen atoms in total. The predicted octanol–water partition coefficient (Wildman–Crippen LogP) is 0.591. The van der Waals surface area contributed by atoms with Gasteiger partial charge in [-0.3, -0.25) is 20.3 Å². The summed E-state index contributed by atoms with van der Waals surface area (Å²) >= 11 is 3.04. The van der Waals surface area contributed by atoms with Crippen molar-refractivity contribution >= 4 is 45.5 Å². The smallest absolute Gasteiger partial charge is 0.284 e. The van der Waals surface area contributed by atoms with Crippen molar-refractivity contribution in [3.05, 3.63) is 34.2 Å². The summed E-state index contributed by atoms with van der Waals surface area (Å²) < 4.78 is 18.1. The first-order valence-electron chi connectivity index (χ1n) is 7.78. The van der Waals surface area contributed by atoms with Crippen LogP contribution in [0, 0.1) is 5.82 Å². The minimum atomic E-state index is -0.749. The number of rotatable bonds is 7. The molecule has 1 heterocycles. The molecular formula is C15H19BrFN7O4. The number of anilines is 1. The second-order valence-electron chi connectivity index (χ2n) is 4.97. The fourth-order valence-electron chi connectivity index (χ4n) is 1.68. The number of hydroxylamine groups is 1. The Kier molecular flexibility index (Phi) is 10.3. The number of amidine groups is 1. The molecule has 0 aliphatic rings. The number of hydrogen-bond acceptors (Lipinski definition) is 9. The minimum absolute atomic E-state index is 0.0599. The highest BCUT2D eigenvalue weighted by Gasteiger charge is 2.16. The molecule has 0 atom stereocenters. The second-order valence-corrected chi connectivity index (χ2v) is 5.82. The van der Waals surface area contributed by atoms with Gasteiger partial charge in [-0.25, -0.2) is 14.0 Å². The Morgan fingerprint density at radius 2 is 2.07 bits per heavy atom. The van der Waals surface area contributed by atoms with Crippen molar-refractivity contribution in [2.45, 2.75) is 0 Å². The van der Waals surface area contributed by atoms with E-state index < -0.39 is 11.7 Å². The average molecular weight is 460 g/mol. The van der Waals surface area contributed by atoms with E-state index in [0.29, 0.717) is 5.69 Å². The molecule has 152 valence electrons. The van der Waals surface area contributed by atoms with Gasteiger partial charge in [-0.2, -0.15) is 0 Å². The first-order chi connectivity index (χ1) is 13.5. The van der Waals surface area contributed by atoms with Gasteiger partial charge < -0.3 is 16.0 Å². The lowest BCUT2D eigenvalue weighted by Gasteiger charge is -2.06. The molecule has 1 aromatic heterocycles. The van der Waals surface area contributed by atoms with Crippen molar-refractivity contribution in [3.63, 3.8) is 0 Å². The maximum Gasteiger partial charge on any atom is 0.284 e. The zero-order chi connectivity index (χ0) is 20.9. The molecule has 0 saturated heterocycles. The third-order valence-corrected chi connectivity index (χ3v) is 3.39. The van der Waals surface area contributed by atoms with Crippen LogP contribution in [0.5, 0.6) is 0 Å². The number of aliphatic imine (C=N–C) groups is 1. The Morgan fingerprint density at radius 3 is 2.68 bits per heavy atom. The molecule has 0 fully saturated rings. The molecule has 28 heavy (non-hydrogen) atoms. The van der Waals surface area contributed by atoms with E-state index in [1.54, 1.807) is 0 Å². The lowest BCUT2D eigenvalue weighted by molar-refractivity contribution is -0.131. The fourth-order valence-corrected chi connectivity index (χ4v) is 2.05. The largest absolute Gasteiger partial charge is 0.363 e. The van der Waals surface area contributed by atoms with Gasteiger partial charge in [0.25, 0.3) is 5.91 Å². The van der Waals surface area contributed by atoms with Crippen LogP contribution in [0.25, 0.3) is 0 Å². The topological polar surface area (TPSA) is 154 Å².